The van der Waals surface area contributed by atoms with Crippen molar-refractivity contribution in [3.05, 3.63) is 65.5 Å². The number of hydrogen-bond donors (Lipinski definition) is 0. The van der Waals surface area contributed by atoms with Crippen molar-refractivity contribution < 1.29 is 9.53 Å². The summed E-state index contributed by atoms with van der Waals surface area (Å²) in [5.41, 5.74) is 4.09. The van der Waals surface area contributed by atoms with Gasteiger partial charge in [0.2, 0.25) is 0 Å². The summed E-state index contributed by atoms with van der Waals surface area (Å²) in [6.45, 7) is 0. The third-order valence-electron chi connectivity index (χ3n) is 7.73. The highest BCUT2D eigenvalue weighted by Gasteiger charge is 2.57. The van der Waals surface area contributed by atoms with E-state index in [1.165, 1.54) is 52.1 Å². The van der Waals surface area contributed by atoms with Gasteiger partial charge in [-0.25, -0.2) is 4.79 Å². The van der Waals surface area contributed by atoms with E-state index in [-0.39, 0.29) is 5.97 Å². The van der Waals surface area contributed by atoms with Gasteiger partial charge < -0.3 is 4.74 Å². The Morgan fingerprint density at radius 3 is 2.46 bits per heavy atom. The van der Waals surface area contributed by atoms with Crippen LogP contribution in [0.3, 0.4) is 0 Å². The molecule has 0 N–H and O–H groups in total. The van der Waals surface area contributed by atoms with Gasteiger partial charge in [-0.05, 0) is 91.7 Å². The SMILES string of the molecule is COC(=O)c1ccc(CCC23CC4CC(C2)CC(c2ccccc2)(C4)C3)nc1. The number of nitrogens with zero attached hydrogens (tertiary/aromatic N) is 1. The van der Waals surface area contributed by atoms with Crippen LogP contribution >= 0.6 is 0 Å². The van der Waals surface area contributed by atoms with E-state index in [0.29, 0.717) is 16.4 Å². The number of pyridine rings is 1. The van der Waals surface area contributed by atoms with Crippen LogP contribution in [0.1, 0.15) is 66.6 Å². The molecule has 3 heteroatoms. The number of methoxy groups -OCH3 is 1. The molecule has 0 saturated heterocycles. The van der Waals surface area contributed by atoms with Gasteiger partial charge in [-0.3, -0.25) is 4.98 Å². The Labute approximate surface area is 167 Å². The van der Waals surface area contributed by atoms with Gasteiger partial charge in [-0.15, -0.1) is 0 Å². The average molecular weight is 376 g/mol. The first kappa shape index (κ1) is 17.9. The van der Waals surface area contributed by atoms with E-state index in [9.17, 15) is 4.79 Å². The van der Waals surface area contributed by atoms with E-state index in [4.69, 9.17) is 4.74 Å². The van der Waals surface area contributed by atoms with Gasteiger partial charge in [0.25, 0.3) is 0 Å². The molecule has 2 unspecified atom stereocenters. The van der Waals surface area contributed by atoms with Crippen molar-refractivity contribution in [3.8, 4) is 0 Å². The largest absolute Gasteiger partial charge is 0.465 e. The molecule has 1 heterocycles. The molecule has 1 aromatic carbocycles. The monoisotopic (exact) mass is 375 g/mol. The number of esters is 1. The maximum atomic E-state index is 11.6. The van der Waals surface area contributed by atoms with Crippen molar-refractivity contribution in [1.29, 1.82) is 0 Å². The second-order valence-corrected chi connectivity index (χ2v) is 9.64. The second kappa shape index (κ2) is 6.72. The summed E-state index contributed by atoms with van der Waals surface area (Å²) in [4.78, 5) is 16.2. The first-order valence-electron chi connectivity index (χ1n) is 10.7. The van der Waals surface area contributed by atoms with Crippen LogP contribution < -0.4 is 0 Å². The number of aromatic nitrogens is 1. The van der Waals surface area contributed by atoms with Gasteiger partial charge >= 0.3 is 5.97 Å². The van der Waals surface area contributed by atoms with Crippen LogP contribution in [0.15, 0.2) is 48.7 Å². The van der Waals surface area contributed by atoms with Crippen molar-refractivity contribution in [2.24, 2.45) is 17.3 Å². The Morgan fingerprint density at radius 1 is 1.07 bits per heavy atom. The Hall–Kier alpha value is -2.16. The highest BCUT2D eigenvalue weighted by molar-refractivity contribution is 5.88. The molecule has 0 aliphatic heterocycles. The summed E-state index contributed by atoms with van der Waals surface area (Å²) in [6.07, 6.45) is 12.3. The molecule has 0 radical (unpaired) electrons. The quantitative estimate of drug-likeness (QED) is 0.662. The predicted molar refractivity (Wildman–Crippen MR) is 109 cm³/mol. The fraction of sp³-hybridized carbons (Fsp3) is 0.520. The highest BCUT2D eigenvalue weighted by Crippen LogP contribution is 2.66. The minimum atomic E-state index is -0.315. The Balaban J connectivity index is 1.35. The summed E-state index contributed by atoms with van der Waals surface area (Å²) in [5, 5.41) is 0. The van der Waals surface area contributed by atoms with E-state index in [2.05, 4.69) is 35.3 Å². The Bertz CT molecular complexity index is 844. The number of aryl methyl sites for hydroxylation is 1. The summed E-state index contributed by atoms with van der Waals surface area (Å²) in [7, 11) is 1.41. The molecule has 28 heavy (non-hydrogen) atoms. The van der Waals surface area contributed by atoms with E-state index >= 15 is 0 Å². The molecule has 0 amide bonds. The highest BCUT2D eigenvalue weighted by atomic mass is 16.5. The molecule has 1 aromatic heterocycles. The fourth-order valence-corrected chi connectivity index (χ4v) is 7.08. The summed E-state index contributed by atoms with van der Waals surface area (Å²) < 4.78 is 4.77. The molecule has 6 rings (SSSR count). The number of rotatable bonds is 5. The van der Waals surface area contributed by atoms with Crippen LogP contribution in [0.2, 0.25) is 0 Å². The Kier molecular flexibility index (Phi) is 4.30. The molecule has 4 fully saturated rings. The van der Waals surface area contributed by atoms with Gasteiger partial charge in [-0.2, -0.15) is 0 Å². The zero-order valence-electron chi connectivity index (χ0n) is 16.7. The number of hydrogen-bond acceptors (Lipinski definition) is 3. The lowest BCUT2D eigenvalue weighted by Crippen LogP contribution is -2.54. The summed E-state index contributed by atoms with van der Waals surface area (Å²) in [5.74, 6) is 1.48. The van der Waals surface area contributed by atoms with Gasteiger partial charge in [0.05, 0.1) is 12.7 Å². The summed E-state index contributed by atoms with van der Waals surface area (Å²) >= 11 is 0. The standard InChI is InChI=1S/C25H29NO2/c1-28-23(27)20-7-8-22(26-16-20)9-10-24-12-18-11-19(13-24)15-25(14-18,17-24)21-5-3-2-4-6-21/h2-8,16,18-19H,9-15,17H2,1H3. The maximum absolute atomic E-state index is 11.6. The van der Waals surface area contributed by atoms with Gasteiger partial charge in [0, 0.05) is 11.9 Å². The first-order valence-corrected chi connectivity index (χ1v) is 10.7. The van der Waals surface area contributed by atoms with Gasteiger partial charge in [0.1, 0.15) is 0 Å². The van der Waals surface area contributed by atoms with E-state index in [0.717, 1.165) is 24.0 Å². The lowest BCUT2D eigenvalue weighted by atomic mass is 9.42. The smallest absolute Gasteiger partial charge is 0.339 e. The minimum Gasteiger partial charge on any atom is -0.465 e. The molecular weight excluding hydrogens is 346 g/mol. The molecule has 4 saturated carbocycles. The third kappa shape index (κ3) is 3.05. The molecule has 3 nitrogen and oxygen atoms in total. The van der Waals surface area contributed by atoms with Crippen LogP contribution in [0.5, 0.6) is 0 Å². The Morgan fingerprint density at radius 2 is 1.82 bits per heavy atom. The van der Waals surface area contributed by atoms with E-state index < -0.39 is 0 Å². The number of ether oxygens (including phenoxy) is 1. The van der Waals surface area contributed by atoms with E-state index in [1.807, 2.05) is 12.1 Å². The lowest BCUT2D eigenvalue weighted by Gasteiger charge is -2.63. The summed E-state index contributed by atoms with van der Waals surface area (Å²) in [6, 6.07) is 15.2. The van der Waals surface area contributed by atoms with Crippen molar-refractivity contribution in [2.45, 2.75) is 56.8 Å². The molecule has 2 aromatic rings. The van der Waals surface area contributed by atoms with Crippen LogP contribution in [-0.2, 0) is 16.6 Å². The molecule has 4 aliphatic carbocycles. The normalized spacial score (nSPS) is 33.0. The maximum Gasteiger partial charge on any atom is 0.339 e. The van der Waals surface area contributed by atoms with Crippen molar-refractivity contribution in [2.75, 3.05) is 7.11 Å². The molecule has 2 atom stereocenters. The van der Waals surface area contributed by atoms with Crippen molar-refractivity contribution in [3.63, 3.8) is 0 Å². The van der Waals surface area contributed by atoms with Gasteiger partial charge in [-0.1, -0.05) is 30.3 Å². The number of benzene rings is 1. The fourth-order valence-electron chi connectivity index (χ4n) is 7.08. The van der Waals surface area contributed by atoms with Crippen molar-refractivity contribution in [1.82, 2.24) is 4.98 Å². The van der Waals surface area contributed by atoms with Crippen LogP contribution in [0.4, 0.5) is 0 Å². The topological polar surface area (TPSA) is 39.2 Å². The molecule has 4 aliphatic rings. The zero-order valence-corrected chi connectivity index (χ0v) is 16.7. The van der Waals surface area contributed by atoms with Crippen LogP contribution in [0, 0.1) is 17.3 Å². The predicted octanol–water partition coefficient (Wildman–Crippen LogP) is 5.34. The average Bonchev–Trinajstić information content (AvgIpc) is 2.72. The second-order valence-electron chi connectivity index (χ2n) is 9.64. The molecule has 146 valence electrons. The van der Waals surface area contributed by atoms with Crippen LogP contribution in [0.25, 0.3) is 0 Å². The third-order valence-corrected chi connectivity index (χ3v) is 7.73. The molecular formula is C25H29NO2. The van der Waals surface area contributed by atoms with Crippen molar-refractivity contribution >= 4 is 5.97 Å². The van der Waals surface area contributed by atoms with Crippen LogP contribution in [-0.4, -0.2) is 18.1 Å². The first-order chi connectivity index (χ1) is 13.6. The van der Waals surface area contributed by atoms with Gasteiger partial charge in [0.15, 0.2) is 0 Å². The number of carbonyl (C=O) groups is 1. The number of carbonyl (C=O) groups excluding carboxylic acids is 1. The minimum absolute atomic E-state index is 0.315. The lowest BCUT2D eigenvalue weighted by molar-refractivity contribution is -0.0761. The zero-order chi connectivity index (χ0) is 19.2. The van der Waals surface area contributed by atoms with E-state index in [1.54, 1.807) is 11.8 Å². The molecule has 4 bridgehead atoms. The molecule has 0 spiro atoms.